The van der Waals surface area contributed by atoms with E-state index in [1.54, 1.807) is 12.1 Å². The van der Waals surface area contributed by atoms with Gasteiger partial charge in [0, 0.05) is 30.8 Å². The van der Waals surface area contributed by atoms with Crippen LogP contribution in [0.15, 0.2) is 18.2 Å². The Kier molecular flexibility index (Phi) is 4.79. The van der Waals surface area contributed by atoms with Crippen LogP contribution in [0.2, 0.25) is 0 Å². The predicted molar refractivity (Wildman–Crippen MR) is 67.0 cm³/mol. The molecule has 0 aliphatic carbocycles. The van der Waals surface area contributed by atoms with E-state index in [0.717, 1.165) is 31.9 Å². The summed E-state index contributed by atoms with van der Waals surface area (Å²) in [6.07, 6.45) is 1.02. The van der Waals surface area contributed by atoms with E-state index in [1.165, 1.54) is 13.2 Å². The number of ether oxygens (including phenoxy) is 3. The molecule has 1 atom stereocenters. The number of anilines is 1. The number of methoxy groups -OCH3 is 1. The summed E-state index contributed by atoms with van der Waals surface area (Å²) in [4.78, 5) is 0. The van der Waals surface area contributed by atoms with E-state index in [9.17, 15) is 8.78 Å². The summed E-state index contributed by atoms with van der Waals surface area (Å²) in [7, 11) is 1.41. The van der Waals surface area contributed by atoms with E-state index in [4.69, 9.17) is 9.47 Å². The Hall–Kier alpha value is -1.56. The molecular weight excluding hydrogens is 256 g/mol. The molecule has 4 nitrogen and oxygen atoms in total. The minimum Gasteiger partial charge on any atom is -0.493 e. The van der Waals surface area contributed by atoms with Gasteiger partial charge in [-0.2, -0.15) is 8.78 Å². The minimum absolute atomic E-state index is 0.0326. The van der Waals surface area contributed by atoms with Gasteiger partial charge in [0.2, 0.25) is 0 Å². The third-order valence-electron chi connectivity index (χ3n) is 3.00. The average Bonchev–Trinajstić information content (AvgIpc) is 2.89. The van der Waals surface area contributed by atoms with Gasteiger partial charge in [-0.15, -0.1) is 0 Å². The molecule has 0 saturated carbocycles. The highest BCUT2D eigenvalue weighted by atomic mass is 19.3. The van der Waals surface area contributed by atoms with Crippen molar-refractivity contribution >= 4 is 5.69 Å². The summed E-state index contributed by atoms with van der Waals surface area (Å²) in [6.45, 7) is -0.592. The van der Waals surface area contributed by atoms with Crippen molar-refractivity contribution in [1.82, 2.24) is 0 Å². The Balaban J connectivity index is 1.99. The molecule has 1 heterocycles. The smallest absolute Gasteiger partial charge is 0.387 e. The van der Waals surface area contributed by atoms with E-state index >= 15 is 0 Å². The summed E-state index contributed by atoms with van der Waals surface area (Å²) < 4.78 is 39.2. The molecule has 1 aliphatic heterocycles. The fourth-order valence-electron chi connectivity index (χ4n) is 1.98. The number of hydrogen-bond donors (Lipinski definition) is 1. The van der Waals surface area contributed by atoms with Gasteiger partial charge >= 0.3 is 6.61 Å². The molecule has 6 heteroatoms. The average molecular weight is 273 g/mol. The van der Waals surface area contributed by atoms with Crippen molar-refractivity contribution in [3.8, 4) is 11.5 Å². The SMILES string of the molecule is COc1ccc(NCC2CCOC2)cc1OC(F)F. The zero-order chi connectivity index (χ0) is 13.7. The predicted octanol–water partition coefficient (Wildman–Crippen LogP) is 2.75. The van der Waals surface area contributed by atoms with Crippen LogP contribution in [-0.4, -0.2) is 33.5 Å². The number of nitrogens with one attached hydrogen (secondary N) is 1. The van der Waals surface area contributed by atoms with Gasteiger partial charge in [0.1, 0.15) is 0 Å². The van der Waals surface area contributed by atoms with Crippen molar-refractivity contribution < 1.29 is 23.0 Å². The number of benzene rings is 1. The summed E-state index contributed by atoms with van der Waals surface area (Å²) >= 11 is 0. The highest BCUT2D eigenvalue weighted by Gasteiger charge is 2.16. The first-order valence-corrected chi connectivity index (χ1v) is 6.13. The van der Waals surface area contributed by atoms with Gasteiger partial charge in [-0.05, 0) is 18.6 Å². The highest BCUT2D eigenvalue weighted by molar-refractivity contribution is 5.54. The van der Waals surface area contributed by atoms with Crippen molar-refractivity contribution in [2.45, 2.75) is 13.0 Å². The van der Waals surface area contributed by atoms with Gasteiger partial charge < -0.3 is 19.5 Å². The molecule has 0 spiro atoms. The molecule has 2 rings (SSSR count). The van der Waals surface area contributed by atoms with Gasteiger partial charge in [-0.25, -0.2) is 0 Å². The van der Waals surface area contributed by atoms with Gasteiger partial charge in [-0.1, -0.05) is 0 Å². The monoisotopic (exact) mass is 273 g/mol. The first kappa shape index (κ1) is 13.9. The Bertz CT molecular complexity index is 409. The maximum Gasteiger partial charge on any atom is 0.387 e. The first-order chi connectivity index (χ1) is 9.19. The Morgan fingerprint density at radius 3 is 2.89 bits per heavy atom. The third-order valence-corrected chi connectivity index (χ3v) is 3.00. The van der Waals surface area contributed by atoms with E-state index in [2.05, 4.69) is 10.1 Å². The summed E-state index contributed by atoms with van der Waals surface area (Å²) in [6, 6.07) is 4.89. The molecule has 1 fully saturated rings. The summed E-state index contributed by atoms with van der Waals surface area (Å²) in [5, 5.41) is 3.19. The number of rotatable bonds is 6. The molecule has 1 aromatic rings. The molecule has 1 unspecified atom stereocenters. The van der Waals surface area contributed by atoms with Gasteiger partial charge in [0.25, 0.3) is 0 Å². The molecular formula is C13H17F2NO3. The Morgan fingerprint density at radius 1 is 1.42 bits per heavy atom. The van der Waals surface area contributed by atoms with Gasteiger partial charge in [0.15, 0.2) is 11.5 Å². The van der Waals surface area contributed by atoms with Gasteiger partial charge in [-0.3, -0.25) is 0 Å². The number of hydrogen-bond acceptors (Lipinski definition) is 4. The number of halogens is 2. The highest BCUT2D eigenvalue weighted by Crippen LogP contribution is 2.31. The van der Waals surface area contributed by atoms with Crippen LogP contribution in [-0.2, 0) is 4.74 Å². The molecule has 0 aromatic heterocycles. The summed E-state index contributed by atoms with van der Waals surface area (Å²) in [5.41, 5.74) is 0.725. The molecule has 1 aliphatic rings. The molecule has 0 amide bonds. The largest absolute Gasteiger partial charge is 0.493 e. The molecule has 106 valence electrons. The van der Waals surface area contributed by atoms with Crippen LogP contribution in [0.3, 0.4) is 0 Å². The van der Waals surface area contributed by atoms with E-state index < -0.39 is 6.61 Å². The molecule has 0 radical (unpaired) electrons. The molecule has 1 aromatic carbocycles. The second-order valence-corrected chi connectivity index (χ2v) is 4.35. The van der Waals surface area contributed by atoms with Crippen LogP contribution < -0.4 is 14.8 Å². The lowest BCUT2D eigenvalue weighted by Crippen LogP contribution is -2.14. The van der Waals surface area contributed by atoms with Crippen molar-refractivity contribution in [3.05, 3.63) is 18.2 Å². The second kappa shape index (κ2) is 6.56. The van der Waals surface area contributed by atoms with Crippen LogP contribution in [0, 0.1) is 5.92 Å². The first-order valence-electron chi connectivity index (χ1n) is 6.13. The standard InChI is InChI=1S/C13H17F2NO3/c1-17-11-3-2-10(6-12(11)19-13(14)15)16-7-9-4-5-18-8-9/h2-3,6,9,13,16H,4-5,7-8H2,1H3. The zero-order valence-corrected chi connectivity index (χ0v) is 10.7. The third kappa shape index (κ3) is 3.96. The Morgan fingerprint density at radius 2 is 2.26 bits per heavy atom. The fourth-order valence-corrected chi connectivity index (χ4v) is 1.98. The van der Waals surface area contributed by atoms with Gasteiger partial charge in [0.05, 0.1) is 13.7 Å². The van der Waals surface area contributed by atoms with Crippen LogP contribution in [0.1, 0.15) is 6.42 Å². The lowest BCUT2D eigenvalue weighted by atomic mass is 10.1. The number of alkyl halides is 2. The van der Waals surface area contributed by atoms with E-state index in [0.29, 0.717) is 5.92 Å². The molecule has 19 heavy (non-hydrogen) atoms. The van der Waals surface area contributed by atoms with Crippen LogP contribution in [0.25, 0.3) is 0 Å². The van der Waals surface area contributed by atoms with Crippen LogP contribution >= 0.6 is 0 Å². The fraction of sp³-hybridized carbons (Fsp3) is 0.538. The molecule has 1 N–H and O–H groups in total. The topological polar surface area (TPSA) is 39.7 Å². The van der Waals surface area contributed by atoms with Crippen molar-refractivity contribution in [2.24, 2.45) is 5.92 Å². The zero-order valence-electron chi connectivity index (χ0n) is 10.7. The van der Waals surface area contributed by atoms with E-state index in [1.807, 2.05) is 0 Å². The lowest BCUT2D eigenvalue weighted by molar-refractivity contribution is -0.0511. The maximum atomic E-state index is 12.3. The summed E-state index contributed by atoms with van der Waals surface area (Å²) in [5.74, 6) is 0.779. The minimum atomic E-state index is -2.87. The maximum absolute atomic E-state index is 12.3. The van der Waals surface area contributed by atoms with Crippen LogP contribution in [0.5, 0.6) is 11.5 Å². The van der Waals surface area contributed by atoms with Crippen molar-refractivity contribution in [3.63, 3.8) is 0 Å². The molecule has 1 saturated heterocycles. The van der Waals surface area contributed by atoms with Crippen molar-refractivity contribution in [1.29, 1.82) is 0 Å². The second-order valence-electron chi connectivity index (χ2n) is 4.35. The Labute approximate surface area is 110 Å². The van der Waals surface area contributed by atoms with Crippen molar-refractivity contribution in [2.75, 3.05) is 32.2 Å². The van der Waals surface area contributed by atoms with E-state index in [-0.39, 0.29) is 11.5 Å². The quantitative estimate of drug-likeness (QED) is 0.865. The molecule has 0 bridgehead atoms. The van der Waals surface area contributed by atoms with Crippen LogP contribution in [0.4, 0.5) is 14.5 Å². The lowest BCUT2D eigenvalue weighted by Gasteiger charge is -2.14. The normalized spacial score (nSPS) is 18.6.